The number of benzene rings is 1. The number of nitrogens with zero attached hydrogens (tertiary/aromatic N) is 5. The van der Waals surface area contributed by atoms with Gasteiger partial charge in [-0.3, -0.25) is 4.79 Å². The number of carbonyl (C=O) groups excluding carboxylic acids is 1. The number of aromatic nitrogens is 5. The Bertz CT molecular complexity index is 874. The van der Waals surface area contributed by atoms with Gasteiger partial charge in [-0.15, -0.1) is 5.10 Å². The van der Waals surface area contributed by atoms with Crippen molar-refractivity contribution in [1.82, 2.24) is 29.1 Å². The van der Waals surface area contributed by atoms with Crippen molar-refractivity contribution in [1.29, 1.82) is 0 Å². The summed E-state index contributed by atoms with van der Waals surface area (Å²) >= 11 is 1.14. The molecule has 0 spiro atoms. The maximum atomic E-state index is 13.1. The summed E-state index contributed by atoms with van der Waals surface area (Å²) in [5.41, 5.74) is 3.20. The summed E-state index contributed by atoms with van der Waals surface area (Å²) in [4.78, 5) is 12.3. The zero-order valence-corrected chi connectivity index (χ0v) is 14.0. The van der Waals surface area contributed by atoms with Crippen LogP contribution in [-0.4, -0.2) is 29.6 Å². The highest BCUT2D eigenvalue weighted by Crippen LogP contribution is 2.10. The van der Waals surface area contributed by atoms with Crippen LogP contribution in [0.2, 0.25) is 0 Å². The van der Waals surface area contributed by atoms with Crippen molar-refractivity contribution < 1.29 is 9.18 Å². The first kappa shape index (κ1) is 16.2. The molecule has 1 aromatic carbocycles. The summed E-state index contributed by atoms with van der Waals surface area (Å²) in [7, 11) is 0. The lowest BCUT2D eigenvalue weighted by Crippen LogP contribution is -2.24. The molecule has 0 fully saturated rings. The first-order valence-corrected chi connectivity index (χ1v) is 7.98. The second kappa shape index (κ2) is 6.83. The molecule has 1 amide bonds. The van der Waals surface area contributed by atoms with Crippen LogP contribution >= 0.6 is 11.7 Å². The molecule has 3 aromatic rings. The van der Waals surface area contributed by atoms with Gasteiger partial charge in [-0.25, -0.2) is 9.07 Å². The van der Waals surface area contributed by atoms with Crippen LogP contribution in [0.3, 0.4) is 0 Å². The maximum Gasteiger partial charge on any atom is 0.274 e. The Balaban J connectivity index is 1.68. The number of amides is 1. The fourth-order valence-corrected chi connectivity index (χ4v) is 2.73. The van der Waals surface area contributed by atoms with E-state index < -0.39 is 0 Å². The molecular formula is C15H15FN6OS. The molecule has 0 atom stereocenters. The molecule has 2 aromatic heterocycles. The molecule has 0 saturated carbocycles. The van der Waals surface area contributed by atoms with Gasteiger partial charge >= 0.3 is 0 Å². The monoisotopic (exact) mass is 346 g/mol. The van der Waals surface area contributed by atoms with Gasteiger partial charge in [0.1, 0.15) is 5.82 Å². The highest BCUT2D eigenvalue weighted by molar-refractivity contribution is 6.99. The Hall–Kier alpha value is -2.68. The van der Waals surface area contributed by atoms with E-state index in [9.17, 15) is 9.18 Å². The van der Waals surface area contributed by atoms with E-state index in [2.05, 4.69) is 24.4 Å². The molecule has 1 N–H and O–H groups in total. The fraction of sp³-hybridized carbons (Fsp3) is 0.267. The fourth-order valence-electron chi connectivity index (χ4n) is 2.17. The third-order valence-corrected chi connectivity index (χ3v) is 4.24. The van der Waals surface area contributed by atoms with E-state index in [1.807, 2.05) is 6.92 Å². The smallest absolute Gasteiger partial charge is 0.274 e. The van der Waals surface area contributed by atoms with Crippen LogP contribution in [0.4, 0.5) is 4.39 Å². The highest BCUT2D eigenvalue weighted by atomic mass is 32.1. The van der Waals surface area contributed by atoms with Crippen molar-refractivity contribution in [2.75, 3.05) is 0 Å². The van der Waals surface area contributed by atoms with E-state index in [1.165, 1.54) is 12.1 Å². The molecule has 3 rings (SSSR count). The lowest BCUT2D eigenvalue weighted by Gasteiger charge is -2.05. The summed E-state index contributed by atoms with van der Waals surface area (Å²) in [6, 6.07) is 6.08. The van der Waals surface area contributed by atoms with Crippen molar-refractivity contribution in [3.05, 3.63) is 58.4 Å². The van der Waals surface area contributed by atoms with Gasteiger partial charge in [-0.1, -0.05) is 17.3 Å². The van der Waals surface area contributed by atoms with Gasteiger partial charge in [-0.05, 0) is 31.5 Å². The van der Waals surface area contributed by atoms with Gasteiger partial charge in [0.05, 0.1) is 35.4 Å². The number of nitrogens with one attached hydrogen (secondary N) is 1. The van der Waals surface area contributed by atoms with Gasteiger partial charge < -0.3 is 5.32 Å². The van der Waals surface area contributed by atoms with Gasteiger partial charge in [0.25, 0.3) is 5.91 Å². The van der Waals surface area contributed by atoms with Crippen molar-refractivity contribution >= 4 is 17.6 Å². The average molecular weight is 346 g/mol. The van der Waals surface area contributed by atoms with Gasteiger partial charge in [-0.2, -0.15) is 8.75 Å². The standard InChI is InChI=1S/C15H15FN6OS/c1-9-13(20-24-19-9)8-22-10(2)14(18-21-22)15(23)17-7-11-4-3-5-12(16)6-11/h3-6H,7-8H2,1-2H3,(H,17,23). The second-order valence-corrected chi connectivity index (χ2v) is 5.82. The summed E-state index contributed by atoms with van der Waals surface area (Å²) in [5.74, 6) is -0.688. The van der Waals surface area contributed by atoms with Crippen LogP contribution in [0.5, 0.6) is 0 Å². The molecule has 0 aliphatic carbocycles. The van der Waals surface area contributed by atoms with Crippen LogP contribution in [0.1, 0.15) is 33.1 Å². The molecule has 0 unspecified atom stereocenters. The Morgan fingerprint density at radius 2 is 2.17 bits per heavy atom. The number of halogens is 1. The van der Waals surface area contributed by atoms with Gasteiger partial charge in [0, 0.05) is 6.54 Å². The van der Waals surface area contributed by atoms with Crippen molar-refractivity contribution in [2.45, 2.75) is 26.9 Å². The minimum Gasteiger partial charge on any atom is -0.347 e. The Morgan fingerprint density at radius 1 is 1.33 bits per heavy atom. The highest BCUT2D eigenvalue weighted by Gasteiger charge is 2.17. The average Bonchev–Trinajstić information content (AvgIpc) is 3.12. The number of rotatable bonds is 5. The lowest BCUT2D eigenvalue weighted by atomic mass is 10.2. The second-order valence-electron chi connectivity index (χ2n) is 5.29. The molecule has 9 heteroatoms. The van der Waals surface area contributed by atoms with E-state index in [0.29, 0.717) is 17.8 Å². The van der Waals surface area contributed by atoms with Gasteiger partial charge in [0.2, 0.25) is 0 Å². The molecule has 7 nitrogen and oxygen atoms in total. The lowest BCUT2D eigenvalue weighted by molar-refractivity contribution is 0.0945. The summed E-state index contributed by atoms with van der Waals surface area (Å²) in [6.07, 6.45) is 0. The molecule has 0 bridgehead atoms. The van der Waals surface area contributed by atoms with Crippen LogP contribution in [0.25, 0.3) is 0 Å². The molecule has 24 heavy (non-hydrogen) atoms. The van der Waals surface area contributed by atoms with Crippen molar-refractivity contribution in [3.8, 4) is 0 Å². The Morgan fingerprint density at radius 3 is 2.88 bits per heavy atom. The number of aryl methyl sites for hydroxylation is 1. The zero-order chi connectivity index (χ0) is 17.1. The third kappa shape index (κ3) is 3.46. The zero-order valence-electron chi connectivity index (χ0n) is 13.2. The predicted octanol–water partition coefficient (Wildman–Crippen LogP) is 1.86. The quantitative estimate of drug-likeness (QED) is 0.762. The number of hydrogen-bond acceptors (Lipinski definition) is 6. The van der Waals surface area contributed by atoms with E-state index in [4.69, 9.17) is 0 Å². The van der Waals surface area contributed by atoms with E-state index in [0.717, 1.165) is 23.1 Å². The summed E-state index contributed by atoms with van der Waals surface area (Å²) in [6.45, 7) is 4.28. The summed E-state index contributed by atoms with van der Waals surface area (Å²) in [5, 5.41) is 10.7. The maximum absolute atomic E-state index is 13.1. The van der Waals surface area contributed by atoms with Crippen LogP contribution in [-0.2, 0) is 13.1 Å². The number of hydrogen-bond donors (Lipinski definition) is 1. The van der Waals surface area contributed by atoms with Gasteiger partial charge in [0.15, 0.2) is 5.69 Å². The van der Waals surface area contributed by atoms with Crippen LogP contribution in [0, 0.1) is 19.7 Å². The topological polar surface area (TPSA) is 85.6 Å². The van der Waals surface area contributed by atoms with Crippen molar-refractivity contribution in [3.63, 3.8) is 0 Å². The molecule has 0 aliphatic rings. The first-order chi connectivity index (χ1) is 11.5. The molecule has 0 aliphatic heterocycles. The molecular weight excluding hydrogens is 331 g/mol. The Labute approximate surface area is 141 Å². The van der Waals surface area contributed by atoms with Crippen molar-refractivity contribution in [2.24, 2.45) is 0 Å². The van der Waals surface area contributed by atoms with Crippen LogP contribution < -0.4 is 5.32 Å². The molecule has 2 heterocycles. The molecule has 0 radical (unpaired) electrons. The Kier molecular flexibility index (Phi) is 4.61. The molecule has 0 saturated heterocycles. The molecule has 124 valence electrons. The number of carbonyl (C=O) groups is 1. The normalized spacial score (nSPS) is 10.8. The minimum atomic E-state index is -0.351. The van der Waals surface area contributed by atoms with E-state index in [-0.39, 0.29) is 24.0 Å². The SMILES string of the molecule is Cc1nsnc1Cn1nnc(C(=O)NCc2cccc(F)c2)c1C. The van der Waals surface area contributed by atoms with E-state index >= 15 is 0 Å². The largest absolute Gasteiger partial charge is 0.347 e. The summed E-state index contributed by atoms with van der Waals surface area (Å²) < 4.78 is 23.1. The minimum absolute atomic E-state index is 0.220. The van der Waals surface area contributed by atoms with Crippen LogP contribution in [0.15, 0.2) is 24.3 Å². The first-order valence-electron chi connectivity index (χ1n) is 7.25. The third-order valence-electron chi connectivity index (χ3n) is 3.59. The predicted molar refractivity (Wildman–Crippen MR) is 86.1 cm³/mol. The van der Waals surface area contributed by atoms with E-state index in [1.54, 1.807) is 23.7 Å².